The third-order valence-electron chi connectivity index (χ3n) is 2.40. The van der Waals surface area contributed by atoms with Crippen molar-refractivity contribution in [2.24, 2.45) is 0 Å². The van der Waals surface area contributed by atoms with Crippen molar-refractivity contribution in [2.45, 2.75) is 6.61 Å². The highest BCUT2D eigenvalue weighted by Gasteiger charge is 2.11. The van der Waals surface area contributed by atoms with Gasteiger partial charge in [0.15, 0.2) is 0 Å². The Balaban J connectivity index is 2.04. The maximum atomic E-state index is 11.8. The number of aromatic nitrogens is 1. The highest BCUT2D eigenvalue weighted by atomic mass is 32.1. The van der Waals surface area contributed by atoms with Gasteiger partial charge in [-0.15, -0.1) is 11.3 Å². The molecule has 1 aromatic carbocycles. The number of carbonyl (C=O) groups is 2. The van der Waals surface area contributed by atoms with Crippen LogP contribution in [0.15, 0.2) is 35.8 Å². The van der Waals surface area contributed by atoms with Gasteiger partial charge in [0.2, 0.25) is 0 Å². The van der Waals surface area contributed by atoms with Gasteiger partial charge in [-0.1, -0.05) is 6.07 Å². The highest BCUT2D eigenvalue weighted by molar-refractivity contribution is 7.09. The number of carbonyl (C=O) groups excluding carboxylic acids is 2. The van der Waals surface area contributed by atoms with E-state index in [1.807, 2.05) is 5.38 Å². The van der Waals surface area contributed by atoms with Gasteiger partial charge in [0, 0.05) is 24.2 Å². The van der Waals surface area contributed by atoms with Crippen molar-refractivity contribution in [1.82, 2.24) is 10.3 Å². The molecule has 0 atom stereocenters. The van der Waals surface area contributed by atoms with Crippen LogP contribution in [0, 0.1) is 0 Å². The molecule has 1 heterocycles. The number of benzene rings is 1. The summed E-state index contributed by atoms with van der Waals surface area (Å²) < 4.78 is 5.12. The van der Waals surface area contributed by atoms with Gasteiger partial charge >= 0.3 is 5.97 Å². The van der Waals surface area contributed by atoms with E-state index in [2.05, 4.69) is 10.3 Å². The molecule has 1 amide bonds. The zero-order chi connectivity index (χ0) is 13.7. The van der Waals surface area contributed by atoms with Crippen LogP contribution in [0.1, 0.15) is 25.7 Å². The van der Waals surface area contributed by atoms with Crippen LogP contribution in [-0.2, 0) is 11.3 Å². The molecular weight excluding hydrogens is 264 g/mol. The molecule has 2 aromatic rings. The standard InChI is InChI=1S/C13H12N2O3S/c1-14-12(16)9-3-2-4-10(7-9)13(17)18-8-11-15-5-6-19-11/h2-7H,8H2,1H3,(H,14,16). The molecule has 0 saturated heterocycles. The predicted molar refractivity (Wildman–Crippen MR) is 71.1 cm³/mol. The number of nitrogens with zero attached hydrogens (tertiary/aromatic N) is 1. The summed E-state index contributed by atoms with van der Waals surface area (Å²) in [7, 11) is 1.54. The van der Waals surface area contributed by atoms with Gasteiger partial charge in [0.05, 0.1) is 5.56 Å². The van der Waals surface area contributed by atoms with Crippen molar-refractivity contribution < 1.29 is 14.3 Å². The van der Waals surface area contributed by atoms with E-state index in [0.717, 1.165) is 5.01 Å². The first kappa shape index (κ1) is 13.2. The van der Waals surface area contributed by atoms with Gasteiger partial charge in [0.1, 0.15) is 11.6 Å². The third kappa shape index (κ3) is 3.38. The maximum absolute atomic E-state index is 11.8. The summed E-state index contributed by atoms with van der Waals surface area (Å²) in [5.41, 5.74) is 0.767. The van der Waals surface area contributed by atoms with E-state index < -0.39 is 5.97 Å². The minimum Gasteiger partial charge on any atom is -0.455 e. The van der Waals surface area contributed by atoms with Gasteiger partial charge in [-0.2, -0.15) is 0 Å². The summed E-state index contributed by atoms with van der Waals surface area (Å²) in [5.74, 6) is -0.712. The van der Waals surface area contributed by atoms with Gasteiger partial charge in [-0.25, -0.2) is 9.78 Å². The molecule has 0 aliphatic heterocycles. The van der Waals surface area contributed by atoms with Crippen molar-refractivity contribution >= 4 is 23.2 Å². The van der Waals surface area contributed by atoms with Gasteiger partial charge < -0.3 is 10.1 Å². The Morgan fingerprint density at radius 1 is 1.37 bits per heavy atom. The minimum absolute atomic E-state index is 0.140. The van der Waals surface area contributed by atoms with E-state index in [-0.39, 0.29) is 12.5 Å². The smallest absolute Gasteiger partial charge is 0.338 e. The lowest BCUT2D eigenvalue weighted by atomic mass is 10.1. The molecule has 98 valence electrons. The van der Waals surface area contributed by atoms with Crippen LogP contribution in [0.5, 0.6) is 0 Å². The fourth-order valence-electron chi connectivity index (χ4n) is 1.47. The van der Waals surface area contributed by atoms with Crippen LogP contribution >= 0.6 is 11.3 Å². The Hall–Kier alpha value is -2.21. The first-order valence-electron chi connectivity index (χ1n) is 5.58. The molecule has 0 aliphatic rings. The number of ether oxygens (including phenoxy) is 1. The number of amides is 1. The van der Waals surface area contributed by atoms with Crippen LogP contribution in [0.2, 0.25) is 0 Å². The first-order valence-corrected chi connectivity index (χ1v) is 6.46. The predicted octanol–water partition coefficient (Wildman–Crippen LogP) is 1.86. The maximum Gasteiger partial charge on any atom is 0.338 e. The summed E-state index contributed by atoms with van der Waals surface area (Å²) >= 11 is 1.42. The average molecular weight is 276 g/mol. The second-order valence-corrected chi connectivity index (χ2v) is 4.64. The molecule has 1 aromatic heterocycles. The van der Waals surface area contributed by atoms with E-state index in [4.69, 9.17) is 4.74 Å². The molecule has 5 nitrogen and oxygen atoms in total. The van der Waals surface area contributed by atoms with Gasteiger partial charge in [-0.3, -0.25) is 4.79 Å². The molecule has 2 rings (SSSR count). The Kier molecular flexibility index (Phi) is 4.25. The molecule has 0 radical (unpaired) electrons. The average Bonchev–Trinajstić information content (AvgIpc) is 2.97. The molecule has 0 saturated carbocycles. The van der Waals surface area contributed by atoms with Crippen LogP contribution in [0.3, 0.4) is 0 Å². The molecule has 0 fully saturated rings. The largest absolute Gasteiger partial charge is 0.455 e. The van der Waals surface area contributed by atoms with E-state index in [9.17, 15) is 9.59 Å². The molecule has 0 bridgehead atoms. The monoisotopic (exact) mass is 276 g/mol. The lowest BCUT2D eigenvalue weighted by molar-refractivity contribution is 0.0472. The topological polar surface area (TPSA) is 68.3 Å². The molecule has 0 unspecified atom stereocenters. The molecule has 1 N–H and O–H groups in total. The normalized spacial score (nSPS) is 9.95. The van der Waals surface area contributed by atoms with Crippen LogP contribution < -0.4 is 5.32 Å². The summed E-state index contributed by atoms with van der Waals surface area (Å²) in [4.78, 5) is 27.3. The SMILES string of the molecule is CNC(=O)c1cccc(C(=O)OCc2nccs2)c1. The quantitative estimate of drug-likeness (QED) is 0.865. The van der Waals surface area contributed by atoms with Gasteiger partial charge in [0.25, 0.3) is 5.91 Å². The zero-order valence-corrected chi connectivity index (χ0v) is 11.1. The Bertz CT molecular complexity index is 581. The number of rotatable bonds is 4. The molecular formula is C13H12N2O3S. The molecule has 6 heteroatoms. The minimum atomic E-state index is -0.471. The Morgan fingerprint density at radius 2 is 2.16 bits per heavy atom. The number of nitrogens with one attached hydrogen (secondary N) is 1. The second-order valence-electron chi connectivity index (χ2n) is 3.66. The van der Waals surface area contributed by atoms with Crippen molar-refractivity contribution in [3.63, 3.8) is 0 Å². The second kappa shape index (κ2) is 6.10. The van der Waals surface area contributed by atoms with Crippen molar-refractivity contribution in [3.8, 4) is 0 Å². The third-order valence-corrected chi connectivity index (χ3v) is 3.15. The van der Waals surface area contributed by atoms with E-state index in [0.29, 0.717) is 11.1 Å². The Morgan fingerprint density at radius 3 is 2.84 bits per heavy atom. The lowest BCUT2D eigenvalue weighted by Gasteiger charge is -2.04. The Labute approximate surface area is 114 Å². The van der Waals surface area contributed by atoms with E-state index >= 15 is 0 Å². The number of hydrogen-bond acceptors (Lipinski definition) is 5. The van der Waals surface area contributed by atoms with Gasteiger partial charge in [-0.05, 0) is 18.2 Å². The van der Waals surface area contributed by atoms with E-state index in [1.165, 1.54) is 24.5 Å². The fraction of sp³-hybridized carbons (Fsp3) is 0.154. The molecule has 0 spiro atoms. The van der Waals surface area contributed by atoms with Crippen molar-refractivity contribution in [3.05, 3.63) is 52.0 Å². The van der Waals surface area contributed by atoms with E-state index in [1.54, 1.807) is 24.4 Å². The van der Waals surface area contributed by atoms with Crippen molar-refractivity contribution in [2.75, 3.05) is 7.05 Å². The lowest BCUT2D eigenvalue weighted by Crippen LogP contribution is -2.18. The van der Waals surface area contributed by atoms with Crippen LogP contribution in [-0.4, -0.2) is 23.9 Å². The highest BCUT2D eigenvalue weighted by Crippen LogP contribution is 2.10. The number of hydrogen-bond donors (Lipinski definition) is 1. The van der Waals surface area contributed by atoms with Crippen molar-refractivity contribution in [1.29, 1.82) is 0 Å². The summed E-state index contributed by atoms with van der Waals surface area (Å²) in [5, 5.41) is 5.05. The van der Waals surface area contributed by atoms with Crippen LogP contribution in [0.4, 0.5) is 0 Å². The molecule has 19 heavy (non-hydrogen) atoms. The summed E-state index contributed by atoms with van der Waals surface area (Å²) in [6, 6.07) is 6.39. The first-order chi connectivity index (χ1) is 9.20. The summed E-state index contributed by atoms with van der Waals surface area (Å²) in [6.07, 6.45) is 1.65. The zero-order valence-electron chi connectivity index (χ0n) is 10.3. The molecule has 0 aliphatic carbocycles. The van der Waals surface area contributed by atoms with Crippen LogP contribution in [0.25, 0.3) is 0 Å². The summed E-state index contributed by atoms with van der Waals surface area (Å²) in [6.45, 7) is 0.140. The number of esters is 1. The number of thiazole rings is 1. The fourth-order valence-corrected chi connectivity index (χ4v) is 1.99.